The summed E-state index contributed by atoms with van der Waals surface area (Å²) >= 11 is 0. The van der Waals surface area contributed by atoms with Gasteiger partial charge in [-0.1, -0.05) is 18.2 Å². The SMILES string of the molecule is [N-]=[N+]=C(N=NS(=O)(=O)C(F)(F)F)c1ccccc1. The van der Waals surface area contributed by atoms with Crippen LogP contribution in [0.1, 0.15) is 5.56 Å². The Morgan fingerprint density at radius 3 is 2.22 bits per heavy atom. The minimum atomic E-state index is -5.74. The fraction of sp³-hybridized carbons (Fsp3) is 0.125. The molecule has 0 saturated carbocycles. The average Bonchev–Trinajstić information content (AvgIpc) is 2.29. The predicted octanol–water partition coefficient (Wildman–Crippen LogP) is 1.96. The summed E-state index contributed by atoms with van der Waals surface area (Å²) in [7, 11) is -5.74. The highest BCUT2D eigenvalue weighted by Gasteiger charge is 2.48. The van der Waals surface area contributed by atoms with Crippen molar-refractivity contribution in [2.75, 3.05) is 0 Å². The molecule has 18 heavy (non-hydrogen) atoms. The smallest absolute Gasteiger partial charge is 0.497 e. The molecule has 6 nitrogen and oxygen atoms in total. The van der Waals surface area contributed by atoms with Crippen LogP contribution in [-0.2, 0) is 10.0 Å². The number of sulfonamides is 1. The number of nitrogens with zero attached hydrogens (tertiary/aromatic N) is 4. The summed E-state index contributed by atoms with van der Waals surface area (Å²) in [5.41, 5.74) is 3.10. The van der Waals surface area contributed by atoms with Crippen molar-refractivity contribution in [2.45, 2.75) is 5.51 Å². The molecule has 0 unspecified atom stereocenters. The lowest BCUT2D eigenvalue weighted by Crippen LogP contribution is -2.20. The van der Waals surface area contributed by atoms with Crippen LogP contribution in [-0.4, -0.2) is 24.6 Å². The Kier molecular flexibility index (Phi) is 3.94. The second-order valence-corrected chi connectivity index (χ2v) is 4.47. The third kappa shape index (κ3) is 3.22. The zero-order valence-corrected chi connectivity index (χ0v) is 9.35. The van der Waals surface area contributed by atoms with E-state index in [-0.39, 0.29) is 5.56 Å². The van der Waals surface area contributed by atoms with E-state index in [9.17, 15) is 21.6 Å². The van der Waals surface area contributed by atoms with E-state index in [0.717, 1.165) is 0 Å². The van der Waals surface area contributed by atoms with E-state index in [1.807, 2.05) is 0 Å². The number of amidine groups is 1. The van der Waals surface area contributed by atoms with Gasteiger partial charge in [0.1, 0.15) is 5.11 Å². The van der Waals surface area contributed by atoms with Gasteiger partial charge in [-0.2, -0.15) is 21.6 Å². The molecule has 1 aromatic carbocycles. The number of hydrogen-bond acceptors (Lipinski definition) is 2. The molecule has 0 radical (unpaired) electrons. The Bertz CT molecular complexity index is 603. The molecule has 10 heteroatoms. The van der Waals surface area contributed by atoms with E-state index >= 15 is 0 Å². The Morgan fingerprint density at radius 2 is 1.78 bits per heavy atom. The topological polar surface area (TPSA) is 95.3 Å². The maximum Gasteiger partial charge on any atom is 0.521 e. The summed E-state index contributed by atoms with van der Waals surface area (Å²) in [5, 5.41) is 2.77. The summed E-state index contributed by atoms with van der Waals surface area (Å²) in [6.45, 7) is 0. The van der Waals surface area contributed by atoms with Gasteiger partial charge in [0.25, 0.3) is 0 Å². The zero-order valence-electron chi connectivity index (χ0n) is 8.53. The quantitative estimate of drug-likeness (QED) is 0.358. The molecule has 0 spiro atoms. The molecule has 0 saturated heterocycles. The lowest BCUT2D eigenvalue weighted by atomic mass is 10.2. The van der Waals surface area contributed by atoms with Crippen molar-refractivity contribution in [1.82, 2.24) is 0 Å². The van der Waals surface area contributed by atoms with Crippen molar-refractivity contribution in [3.8, 4) is 0 Å². The molecule has 0 amide bonds. The summed E-state index contributed by atoms with van der Waals surface area (Å²) in [5.74, 6) is -0.650. The molecule has 0 aliphatic rings. The van der Waals surface area contributed by atoms with Gasteiger partial charge in [-0.05, 0) is 12.1 Å². The second-order valence-electron chi connectivity index (χ2n) is 2.89. The lowest BCUT2D eigenvalue weighted by Gasteiger charge is -1.97. The summed E-state index contributed by atoms with van der Waals surface area (Å²) in [6.07, 6.45) is 0. The number of halogens is 3. The molecular weight excluding hydrogens is 273 g/mol. The highest BCUT2D eigenvalue weighted by Crippen LogP contribution is 2.24. The minimum Gasteiger partial charge on any atom is -0.497 e. The molecule has 0 bridgehead atoms. The van der Waals surface area contributed by atoms with Crippen molar-refractivity contribution in [3.63, 3.8) is 0 Å². The van der Waals surface area contributed by atoms with Crippen molar-refractivity contribution in [3.05, 3.63) is 41.4 Å². The van der Waals surface area contributed by atoms with Gasteiger partial charge in [-0.15, -0.1) is 0 Å². The van der Waals surface area contributed by atoms with Crippen molar-refractivity contribution >= 4 is 15.9 Å². The van der Waals surface area contributed by atoms with Gasteiger partial charge < -0.3 is 10.3 Å². The van der Waals surface area contributed by atoms with Crippen molar-refractivity contribution in [1.29, 1.82) is 0 Å². The molecule has 0 heterocycles. The number of benzene rings is 1. The number of rotatable bonds is 2. The Morgan fingerprint density at radius 1 is 1.22 bits per heavy atom. The van der Waals surface area contributed by atoms with Gasteiger partial charge in [-0.25, -0.2) is 0 Å². The van der Waals surface area contributed by atoms with Gasteiger partial charge in [-0.3, -0.25) is 0 Å². The summed E-state index contributed by atoms with van der Waals surface area (Å²) < 4.78 is 59.2. The Labute approximate surface area is 99.4 Å². The van der Waals surface area contributed by atoms with Crippen LogP contribution < -0.4 is 0 Å². The lowest BCUT2D eigenvalue weighted by molar-refractivity contribution is -0.0437. The predicted molar refractivity (Wildman–Crippen MR) is 54.0 cm³/mol. The van der Waals surface area contributed by atoms with E-state index in [0.29, 0.717) is 0 Å². The molecule has 1 aromatic rings. The van der Waals surface area contributed by atoms with E-state index in [2.05, 4.69) is 14.4 Å². The summed E-state index contributed by atoms with van der Waals surface area (Å²) in [4.78, 5) is 2.57. The maximum atomic E-state index is 11.9. The van der Waals surface area contributed by atoms with E-state index in [4.69, 9.17) is 5.53 Å². The van der Waals surface area contributed by atoms with Crippen LogP contribution in [0.15, 0.2) is 40.0 Å². The van der Waals surface area contributed by atoms with Crippen LogP contribution in [0.25, 0.3) is 5.53 Å². The minimum absolute atomic E-state index is 0.112. The molecule has 0 N–H and O–H groups in total. The van der Waals surface area contributed by atoms with E-state index in [1.54, 1.807) is 6.07 Å². The molecule has 0 atom stereocenters. The molecule has 96 valence electrons. The Hall–Kier alpha value is -2.06. The molecule has 1 rings (SSSR count). The number of hydrogen-bond donors (Lipinski definition) is 0. The first-order chi connectivity index (χ1) is 8.28. The normalized spacial score (nSPS) is 12.4. The van der Waals surface area contributed by atoms with E-state index in [1.165, 1.54) is 24.3 Å². The van der Waals surface area contributed by atoms with Gasteiger partial charge in [0, 0.05) is 0 Å². The maximum absolute atomic E-state index is 11.9. The van der Waals surface area contributed by atoms with Crippen LogP contribution in [0.3, 0.4) is 0 Å². The third-order valence-corrected chi connectivity index (χ3v) is 2.54. The Balaban J connectivity index is 3.08. The highest BCUT2D eigenvalue weighted by atomic mass is 32.2. The zero-order chi connectivity index (χ0) is 13.8. The fourth-order valence-electron chi connectivity index (χ4n) is 0.861. The van der Waals surface area contributed by atoms with Crippen LogP contribution in [0.4, 0.5) is 13.2 Å². The average molecular weight is 278 g/mol. The molecule has 0 aromatic heterocycles. The van der Waals surface area contributed by atoms with Crippen LogP contribution in [0.5, 0.6) is 0 Å². The van der Waals surface area contributed by atoms with E-state index < -0.39 is 21.4 Å². The van der Waals surface area contributed by atoms with Crippen LogP contribution >= 0.6 is 0 Å². The van der Waals surface area contributed by atoms with Crippen LogP contribution in [0.2, 0.25) is 0 Å². The van der Waals surface area contributed by atoms with Crippen molar-refractivity contribution in [2.24, 2.45) is 9.63 Å². The van der Waals surface area contributed by atoms with Gasteiger partial charge in [0.2, 0.25) is 0 Å². The largest absolute Gasteiger partial charge is 0.521 e. The van der Waals surface area contributed by atoms with Gasteiger partial charge in [0.15, 0.2) is 0 Å². The van der Waals surface area contributed by atoms with Gasteiger partial charge >= 0.3 is 21.4 Å². The monoisotopic (exact) mass is 278 g/mol. The first-order valence-electron chi connectivity index (χ1n) is 4.29. The standard InChI is InChI=1S/C8H5F3N4O2S/c9-8(10,11)18(16,17)15-14-7(13-12)6-4-2-1-3-5-6/h1-5H. The second kappa shape index (κ2) is 5.07. The first-order valence-corrected chi connectivity index (χ1v) is 5.73. The van der Waals surface area contributed by atoms with Crippen LogP contribution in [0, 0.1) is 0 Å². The fourth-order valence-corrected chi connectivity index (χ4v) is 1.14. The van der Waals surface area contributed by atoms with Gasteiger partial charge in [0.05, 0.1) is 10.1 Å². The molecule has 0 fully saturated rings. The summed E-state index contributed by atoms with van der Waals surface area (Å²) in [6, 6.07) is 7.30. The highest BCUT2D eigenvalue weighted by molar-refractivity contribution is 7.90. The molecule has 0 aliphatic heterocycles. The van der Waals surface area contributed by atoms with Crippen molar-refractivity contribution < 1.29 is 26.4 Å². The number of alkyl halides is 3. The first kappa shape index (κ1) is 14.0. The molecular formula is C8H5F3N4O2S. The molecule has 0 aliphatic carbocycles. The third-order valence-electron chi connectivity index (χ3n) is 1.66.